The molecule has 0 fully saturated rings. The van der Waals surface area contributed by atoms with E-state index in [4.69, 9.17) is 9.47 Å². The van der Waals surface area contributed by atoms with Crippen LogP contribution in [0.5, 0.6) is 0 Å². The molecule has 150 valence electrons. The first-order valence-electron chi connectivity index (χ1n) is 8.97. The lowest BCUT2D eigenvalue weighted by Gasteiger charge is -2.05. The first-order valence-corrected chi connectivity index (χ1v) is 8.97. The first kappa shape index (κ1) is 19.9. The zero-order chi connectivity index (χ0) is 20.8. The highest BCUT2D eigenvalue weighted by molar-refractivity contribution is 6.01. The number of aromatic nitrogens is 6. The van der Waals surface area contributed by atoms with E-state index >= 15 is 0 Å². The summed E-state index contributed by atoms with van der Waals surface area (Å²) in [6.07, 6.45) is 3.10. The van der Waals surface area contributed by atoms with E-state index in [0.29, 0.717) is 40.1 Å². The molecule has 0 aromatic carbocycles. The Morgan fingerprint density at radius 3 is 1.93 bits per heavy atom. The molecule has 4 aromatic rings. The van der Waals surface area contributed by atoms with Crippen molar-refractivity contribution in [3.05, 3.63) is 48.0 Å². The Bertz CT molecular complexity index is 1130. The molecule has 0 atom stereocenters. The topological polar surface area (TPSA) is 136 Å². The van der Waals surface area contributed by atoms with Crippen molar-refractivity contribution in [1.82, 2.24) is 30.4 Å². The third-order valence-electron chi connectivity index (χ3n) is 3.69. The van der Waals surface area contributed by atoms with Gasteiger partial charge in [-0.25, -0.2) is 19.6 Å². The van der Waals surface area contributed by atoms with Crippen molar-refractivity contribution in [3.63, 3.8) is 0 Å². The van der Waals surface area contributed by atoms with Crippen LogP contribution in [0.25, 0.3) is 22.1 Å². The molecule has 0 aliphatic rings. The van der Waals surface area contributed by atoms with Crippen LogP contribution in [0.3, 0.4) is 0 Å². The van der Waals surface area contributed by atoms with Crippen molar-refractivity contribution in [2.45, 2.75) is 26.9 Å². The minimum absolute atomic E-state index is 0.146. The molecule has 0 aliphatic carbocycles. The van der Waals surface area contributed by atoms with Gasteiger partial charge >= 0.3 is 11.9 Å². The number of nitrogens with one attached hydrogen (secondary N) is 2. The maximum Gasteiger partial charge on any atom is 0.357 e. The molecule has 4 aromatic heterocycles. The van der Waals surface area contributed by atoms with Gasteiger partial charge in [-0.15, -0.1) is 0 Å². The molecule has 0 unspecified atom stereocenters. The quantitative estimate of drug-likeness (QED) is 0.503. The highest BCUT2D eigenvalue weighted by atomic mass is 16.5. The Kier molecular flexibility index (Phi) is 6.12. The van der Waals surface area contributed by atoms with E-state index in [0.717, 1.165) is 0 Å². The highest BCUT2D eigenvalue weighted by Gasteiger charge is 2.16. The van der Waals surface area contributed by atoms with E-state index in [2.05, 4.69) is 30.4 Å². The molecule has 10 heteroatoms. The number of esters is 2. The Hall–Kier alpha value is -3.82. The van der Waals surface area contributed by atoms with Gasteiger partial charge in [0.1, 0.15) is 0 Å². The zero-order valence-corrected chi connectivity index (χ0v) is 16.2. The molecule has 0 bridgehead atoms. The molecule has 10 nitrogen and oxygen atoms in total. The first-order chi connectivity index (χ1) is 14.0. The van der Waals surface area contributed by atoms with Crippen molar-refractivity contribution >= 4 is 34.0 Å². The van der Waals surface area contributed by atoms with Crippen LogP contribution in [0.2, 0.25) is 0 Å². The maximum absolute atomic E-state index is 11.6. The van der Waals surface area contributed by atoms with Crippen molar-refractivity contribution in [1.29, 1.82) is 0 Å². The average molecular weight is 396 g/mol. The van der Waals surface area contributed by atoms with Gasteiger partial charge in [0.05, 0.1) is 23.5 Å². The second-order valence-electron chi connectivity index (χ2n) is 6.12. The number of fused-ring (bicyclic) bond motifs is 2. The van der Waals surface area contributed by atoms with Gasteiger partial charge in [0, 0.05) is 12.4 Å². The summed E-state index contributed by atoms with van der Waals surface area (Å²) in [7, 11) is 0. The van der Waals surface area contributed by atoms with Gasteiger partial charge in [0.15, 0.2) is 22.7 Å². The fourth-order valence-corrected chi connectivity index (χ4v) is 2.49. The second kappa shape index (κ2) is 8.91. The predicted molar refractivity (Wildman–Crippen MR) is 104 cm³/mol. The Labute approximate surface area is 165 Å². The number of ether oxygens (including phenoxy) is 2. The summed E-state index contributed by atoms with van der Waals surface area (Å²) in [5.74, 6) is -0.802. The standard InChI is InChI=1S/C10H11N3O2.C9H9N3O2/c1-6(2)15-10(14)8-7-4-3-5-11-9(7)13-12-8;1-2-14-9(13)7-6-4-3-5-10-8(6)12-11-7/h3-6H,1-2H3,(H,11,12,13);3-5H,2H2,1H3,(H,10,11,12). The van der Waals surface area contributed by atoms with Crippen molar-refractivity contribution < 1.29 is 19.1 Å². The summed E-state index contributed by atoms with van der Waals surface area (Å²) in [5.41, 5.74) is 1.76. The molecule has 0 saturated heterocycles. The monoisotopic (exact) mass is 396 g/mol. The van der Waals surface area contributed by atoms with Crippen LogP contribution in [0.4, 0.5) is 0 Å². The number of nitrogens with zero attached hydrogens (tertiary/aromatic N) is 4. The number of hydrogen-bond donors (Lipinski definition) is 2. The molecule has 0 radical (unpaired) electrons. The van der Waals surface area contributed by atoms with Gasteiger partial charge in [0.25, 0.3) is 0 Å². The lowest BCUT2D eigenvalue weighted by Crippen LogP contribution is -2.12. The summed E-state index contributed by atoms with van der Waals surface area (Å²) < 4.78 is 9.92. The number of aromatic amines is 2. The number of carbonyl (C=O) groups is 2. The largest absolute Gasteiger partial charge is 0.461 e. The van der Waals surface area contributed by atoms with Crippen LogP contribution >= 0.6 is 0 Å². The molecular formula is C19H20N6O4. The number of H-pyrrole nitrogens is 2. The van der Waals surface area contributed by atoms with Crippen molar-refractivity contribution in [2.24, 2.45) is 0 Å². The molecule has 0 spiro atoms. The van der Waals surface area contributed by atoms with Gasteiger partial charge in [-0.2, -0.15) is 10.2 Å². The molecular weight excluding hydrogens is 376 g/mol. The Balaban J connectivity index is 0.000000166. The van der Waals surface area contributed by atoms with E-state index in [1.54, 1.807) is 57.4 Å². The van der Waals surface area contributed by atoms with Crippen molar-refractivity contribution in [2.75, 3.05) is 6.61 Å². The highest BCUT2D eigenvalue weighted by Crippen LogP contribution is 2.14. The number of rotatable bonds is 4. The predicted octanol–water partition coefficient (Wildman–Crippen LogP) is 2.66. The van der Waals surface area contributed by atoms with Crippen LogP contribution in [0.1, 0.15) is 41.7 Å². The van der Waals surface area contributed by atoms with E-state index in [1.165, 1.54) is 0 Å². The fourth-order valence-electron chi connectivity index (χ4n) is 2.49. The number of carbonyl (C=O) groups excluding carboxylic acids is 2. The van der Waals surface area contributed by atoms with E-state index in [1.807, 2.05) is 0 Å². The smallest absolute Gasteiger partial charge is 0.357 e. The van der Waals surface area contributed by atoms with Gasteiger partial charge in [-0.1, -0.05) is 0 Å². The van der Waals surface area contributed by atoms with Gasteiger partial charge < -0.3 is 9.47 Å². The number of hydrogen-bond acceptors (Lipinski definition) is 8. The lowest BCUT2D eigenvalue weighted by molar-refractivity contribution is 0.0372. The molecule has 0 saturated carbocycles. The van der Waals surface area contributed by atoms with E-state index < -0.39 is 11.9 Å². The van der Waals surface area contributed by atoms with E-state index in [9.17, 15) is 9.59 Å². The fraction of sp³-hybridized carbons (Fsp3) is 0.263. The molecule has 4 heterocycles. The van der Waals surface area contributed by atoms with Crippen LogP contribution in [0.15, 0.2) is 36.7 Å². The molecule has 0 amide bonds. The normalized spacial score (nSPS) is 10.6. The SMILES string of the molecule is CC(C)OC(=O)c1[nH]nc2ncccc12.CCOC(=O)c1[nH]nc2ncccc12. The van der Waals surface area contributed by atoms with Crippen LogP contribution in [0, 0.1) is 0 Å². The van der Waals surface area contributed by atoms with E-state index in [-0.39, 0.29) is 6.10 Å². The van der Waals surface area contributed by atoms with Crippen LogP contribution < -0.4 is 0 Å². The summed E-state index contributed by atoms with van der Waals surface area (Å²) in [6, 6.07) is 7.06. The minimum Gasteiger partial charge on any atom is -0.461 e. The summed E-state index contributed by atoms with van der Waals surface area (Å²) >= 11 is 0. The van der Waals surface area contributed by atoms with Crippen LogP contribution in [-0.2, 0) is 9.47 Å². The third-order valence-corrected chi connectivity index (χ3v) is 3.69. The zero-order valence-electron chi connectivity index (χ0n) is 16.2. The summed E-state index contributed by atoms with van der Waals surface area (Å²) in [6.45, 7) is 5.71. The maximum atomic E-state index is 11.6. The van der Waals surface area contributed by atoms with Gasteiger partial charge in [-0.05, 0) is 45.0 Å². The van der Waals surface area contributed by atoms with Crippen LogP contribution in [-0.4, -0.2) is 55.0 Å². The lowest BCUT2D eigenvalue weighted by atomic mass is 10.2. The molecule has 4 rings (SSSR count). The minimum atomic E-state index is -0.402. The Morgan fingerprint density at radius 1 is 0.931 bits per heavy atom. The molecule has 29 heavy (non-hydrogen) atoms. The van der Waals surface area contributed by atoms with Gasteiger partial charge in [-0.3, -0.25) is 10.2 Å². The average Bonchev–Trinajstić information content (AvgIpc) is 3.32. The summed E-state index contributed by atoms with van der Waals surface area (Å²) in [5, 5.41) is 14.4. The molecule has 0 aliphatic heterocycles. The second-order valence-corrected chi connectivity index (χ2v) is 6.12. The van der Waals surface area contributed by atoms with Crippen molar-refractivity contribution in [3.8, 4) is 0 Å². The van der Waals surface area contributed by atoms with Gasteiger partial charge in [0.2, 0.25) is 0 Å². The number of pyridine rings is 2. The summed E-state index contributed by atoms with van der Waals surface area (Å²) in [4.78, 5) is 31.0. The Morgan fingerprint density at radius 2 is 1.45 bits per heavy atom. The third kappa shape index (κ3) is 4.54. The molecule has 2 N–H and O–H groups in total.